The SMILES string of the molecule is O=C(O)C1(O)CN(S(=O)(=O)c2cc(Cl)ccc2F)C1. The molecule has 6 nitrogen and oxygen atoms in total. The van der Waals surface area contributed by atoms with E-state index in [2.05, 4.69) is 0 Å². The molecule has 1 fully saturated rings. The second-order valence-corrected chi connectivity index (χ2v) is 6.53. The molecule has 0 spiro atoms. The lowest BCUT2D eigenvalue weighted by atomic mass is 9.98. The molecule has 2 rings (SSSR count). The van der Waals surface area contributed by atoms with Crippen molar-refractivity contribution in [3.8, 4) is 0 Å². The van der Waals surface area contributed by atoms with E-state index in [1.807, 2.05) is 0 Å². The van der Waals surface area contributed by atoms with Crippen molar-refractivity contribution >= 4 is 27.6 Å². The van der Waals surface area contributed by atoms with Gasteiger partial charge in [-0.2, -0.15) is 4.31 Å². The van der Waals surface area contributed by atoms with Crippen molar-refractivity contribution in [1.82, 2.24) is 4.31 Å². The van der Waals surface area contributed by atoms with Crippen molar-refractivity contribution in [3.63, 3.8) is 0 Å². The fourth-order valence-electron chi connectivity index (χ4n) is 1.66. The number of rotatable bonds is 3. The van der Waals surface area contributed by atoms with E-state index in [0.29, 0.717) is 4.31 Å². The molecule has 0 aliphatic carbocycles. The van der Waals surface area contributed by atoms with Crippen LogP contribution in [0.15, 0.2) is 23.1 Å². The van der Waals surface area contributed by atoms with Gasteiger partial charge < -0.3 is 10.2 Å². The largest absolute Gasteiger partial charge is 0.479 e. The Morgan fingerprint density at radius 1 is 1.42 bits per heavy atom. The summed E-state index contributed by atoms with van der Waals surface area (Å²) in [5, 5.41) is 18.2. The Morgan fingerprint density at radius 2 is 2.00 bits per heavy atom. The van der Waals surface area contributed by atoms with E-state index in [9.17, 15) is 22.7 Å². The van der Waals surface area contributed by atoms with E-state index in [1.165, 1.54) is 6.07 Å². The maximum absolute atomic E-state index is 13.5. The first-order chi connectivity index (χ1) is 8.67. The number of aliphatic hydroxyl groups is 1. The predicted molar refractivity (Wildman–Crippen MR) is 62.8 cm³/mol. The zero-order valence-corrected chi connectivity index (χ0v) is 10.9. The van der Waals surface area contributed by atoms with Gasteiger partial charge in [-0.05, 0) is 18.2 Å². The molecule has 104 valence electrons. The summed E-state index contributed by atoms with van der Waals surface area (Å²) in [5.74, 6) is -2.51. The quantitative estimate of drug-likeness (QED) is 0.837. The van der Waals surface area contributed by atoms with E-state index >= 15 is 0 Å². The van der Waals surface area contributed by atoms with Gasteiger partial charge in [-0.3, -0.25) is 0 Å². The maximum atomic E-state index is 13.5. The number of carboxylic acids is 1. The number of carboxylic acid groups (broad SMARTS) is 1. The van der Waals surface area contributed by atoms with Gasteiger partial charge in [0.25, 0.3) is 0 Å². The number of β-amino-alcohol motifs (C(OH)–C–C–N with tert-alkyl or cyclic N) is 1. The average Bonchev–Trinajstić information content (AvgIpc) is 2.27. The Morgan fingerprint density at radius 3 is 2.53 bits per heavy atom. The van der Waals surface area contributed by atoms with E-state index < -0.39 is 45.4 Å². The third kappa shape index (κ3) is 2.32. The molecule has 0 amide bonds. The van der Waals surface area contributed by atoms with Gasteiger partial charge in [-0.25, -0.2) is 17.6 Å². The number of nitrogens with zero attached hydrogens (tertiary/aromatic N) is 1. The second-order valence-electron chi connectivity index (χ2n) is 4.18. The molecular weight excluding hydrogens is 301 g/mol. The topological polar surface area (TPSA) is 94.9 Å². The summed E-state index contributed by atoms with van der Waals surface area (Å²) in [6.45, 7) is -1.26. The average molecular weight is 310 g/mol. The smallest absolute Gasteiger partial charge is 0.338 e. The summed E-state index contributed by atoms with van der Waals surface area (Å²) in [7, 11) is -4.21. The summed E-state index contributed by atoms with van der Waals surface area (Å²) in [4.78, 5) is 10.0. The number of sulfonamides is 1. The van der Waals surface area contributed by atoms with Crippen LogP contribution < -0.4 is 0 Å². The lowest BCUT2D eigenvalue weighted by molar-refractivity contribution is -0.170. The van der Waals surface area contributed by atoms with Crippen molar-refractivity contribution < 1.29 is 27.8 Å². The third-order valence-corrected chi connectivity index (χ3v) is 4.83. The minimum atomic E-state index is -4.21. The number of carbonyl (C=O) groups is 1. The Hall–Kier alpha value is -1.22. The summed E-state index contributed by atoms with van der Waals surface area (Å²) in [5.41, 5.74) is -2.12. The van der Waals surface area contributed by atoms with Crippen LogP contribution in [-0.2, 0) is 14.8 Å². The molecule has 19 heavy (non-hydrogen) atoms. The van der Waals surface area contributed by atoms with Crippen molar-refractivity contribution in [2.24, 2.45) is 0 Å². The van der Waals surface area contributed by atoms with E-state index in [1.54, 1.807) is 0 Å². The van der Waals surface area contributed by atoms with Crippen LogP contribution in [0.4, 0.5) is 4.39 Å². The number of halogens is 2. The molecule has 1 aliphatic rings. The van der Waals surface area contributed by atoms with E-state index in [4.69, 9.17) is 16.7 Å². The van der Waals surface area contributed by atoms with Crippen molar-refractivity contribution in [3.05, 3.63) is 29.0 Å². The van der Waals surface area contributed by atoms with Crippen LogP contribution >= 0.6 is 11.6 Å². The summed E-state index contributed by atoms with van der Waals surface area (Å²) < 4.78 is 38.2. The summed E-state index contributed by atoms with van der Waals surface area (Å²) >= 11 is 5.60. The minimum absolute atomic E-state index is 0.0361. The normalized spacial score (nSPS) is 18.9. The number of benzene rings is 1. The molecule has 0 aromatic heterocycles. The second kappa shape index (κ2) is 4.41. The van der Waals surface area contributed by atoms with Gasteiger partial charge in [-0.15, -0.1) is 0 Å². The highest BCUT2D eigenvalue weighted by molar-refractivity contribution is 7.89. The monoisotopic (exact) mass is 309 g/mol. The predicted octanol–water partition coefficient (Wildman–Crippen LogP) is 0.299. The van der Waals surface area contributed by atoms with Crippen LogP contribution in [0.5, 0.6) is 0 Å². The van der Waals surface area contributed by atoms with Gasteiger partial charge in [0.15, 0.2) is 5.60 Å². The summed E-state index contributed by atoms with van der Waals surface area (Å²) in [6.07, 6.45) is 0. The molecule has 0 bridgehead atoms. The molecule has 0 saturated carbocycles. The molecule has 1 heterocycles. The number of hydrogen-bond acceptors (Lipinski definition) is 4. The fraction of sp³-hybridized carbons (Fsp3) is 0.300. The molecule has 1 aromatic rings. The minimum Gasteiger partial charge on any atom is -0.479 e. The van der Waals surface area contributed by atoms with Gasteiger partial charge in [0.1, 0.15) is 10.7 Å². The molecule has 0 atom stereocenters. The molecule has 0 radical (unpaired) electrons. The fourth-order valence-corrected chi connectivity index (χ4v) is 3.53. The van der Waals surface area contributed by atoms with E-state index in [0.717, 1.165) is 12.1 Å². The van der Waals surface area contributed by atoms with Gasteiger partial charge in [0.2, 0.25) is 10.0 Å². The zero-order valence-electron chi connectivity index (χ0n) is 9.38. The molecule has 9 heteroatoms. The lowest BCUT2D eigenvalue weighted by Crippen LogP contribution is -2.67. The van der Waals surface area contributed by atoms with Crippen molar-refractivity contribution in [2.45, 2.75) is 10.5 Å². The molecule has 0 unspecified atom stereocenters. The van der Waals surface area contributed by atoms with Gasteiger partial charge >= 0.3 is 5.97 Å². The molecule has 2 N–H and O–H groups in total. The number of aliphatic carboxylic acids is 1. The first-order valence-corrected chi connectivity index (χ1v) is 6.89. The highest BCUT2D eigenvalue weighted by Crippen LogP contribution is 2.30. The Balaban J connectivity index is 2.31. The standard InChI is InChI=1S/C10H9ClFNO5S/c11-6-1-2-7(12)8(3-6)19(17,18)13-4-10(16,5-13)9(14)15/h1-3,16H,4-5H2,(H,14,15). The van der Waals surface area contributed by atoms with Gasteiger partial charge in [0, 0.05) is 5.02 Å². The van der Waals surface area contributed by atoms with Crippen LogP contribution in [0, 0.1) is 5.82 Å². The third-order valence-electron chi connectivity index (χ3n) is 2.79. The van der Waals surface area contributed by atoms with E-state index in [-0.39, 0.29) is 5.02 Å². The van der Waals surface area contributed by atoms with Gasteiger partial charge in [0.05, 0.1) is 13.1 Å². The van der Waals surface area contributed by atoms with Crippen LogP contribution in [0.3, 0.4) is 0 Å². The van der Waals surface area contributed by atoms with Crippen LogP contribution in [0.25, 0.3) is 0 Å². The number of hydrogen-bond donors (Lipinski definition) is 2. The highest BCUT2D eigenvalue weighted by atomic mass is 35.5. The first kappa shape index (κ1) is 14.2. The maximum Gasteiger partial charge on any atom is 0.338 e. The Kier molecular flexibility index (Phi) is 3.29. The molecule has 1 aliphatic heterocycles. The lowest BCUT2D eigenvalue weighted by Gasteiger charge is -2.41. The van der Waals surface area contributed by atoms with Crippen LogP contribution in [-0.4, -0.2) is 47.6 Å². The Labute approximate surface area is 113 Å². The molecular formula is C10H9ClFNO5S. The van der Waals surface area contributed by atoms with Crippen molar-refractivity contribution in [1.29, 1.82) is 0 Å². The molecule has 1 saturated heterocycles. The van der Waals surface area contributed by atoms with Crippen LogP contribution in [0.1, 0.15) is 0 Å². The highest BCUT2D eigenvalue weighted by Gasteiger charge is 2.53. The molecule has 1 aromatic carbocycles. The van der Waals surface area contributed by atoms with Crippen LogP contribution in [0.2, 0.25) is 5.02 Å². The zero-order chi connectivity index (χ0) is 14.4. The first-order valence-electron chi connectivity index (χ1n) is 5.08. The van der Waals surface area contributed by atoms with Crippen molar-refractivity contribution in [2.75, 3.05) is 13.1 Å². The Bertz CT molecular complexity index is 641. The van der Waals surface area contributed by atoms with Gasteiger partial charge in [-0.1, -0.05) is 11.6 Å². The summed E-state index contributed by atoms with van der Waals surface area (Å²) in [6, 6.07) is 3.03.